The molecule has 3 aliphatic rings. The minimum atomic E-state index is 0.244. The first-order chi connectivity index (χ1) is 10.8. The lowest BCUT2D eigenvalue weighted by Crippen LogP contribution is -2.45. The molecule has 1 atom stereocenters. The number of nitrogens with zero attached hydrogens (tertiary/aromatic N) is 1. The van der Waals surface area contributed by atoms with Gasteiger partial charge in [0.1, 0.15) is 0 Å². The molecule has 1 saturated carbocycles. The van der Waals surface area contributed by atoms with E-state index in [-0.39, 0.29) is 12.0 Å². The molecule has 3 rings (SSSR count). The third-order valence-corrected chi connectivity index (χ3v) is 5.03. The zero-order valence-electron chi connectivity index (χ0n) is 13.6. The summed E-state index contributed by atoms with van der Waals surface area (Å²) in [7, 11) is 0. The molecule has 0 aromatic heterocycles. The van der Waals surface area contributed by atoms with E-state index in [4.69, 9.17) is 9.47 Å². The third-order valence-electron chi connectivity index (χ3n) is 5.03. The Morgan fingerprint density at radius 1 is 1.18 bits per heavy atom. The number of likely N-dealkylation sites (tertiary alicyclic amines) is 1. The molecule has 2 heterocycles. The van der Waals surface area contributed by atoms with Crippen molar-refractivity contribution < 1.29 is 14.3 Å². The van der Waals surface area contributed by atoms with Crippen molar-refractivity contribution in [3.63, 3.8) is 0 Å². The maximum atomic E-state index is 12.2. The lowest BCUT2D eigenvalue weighted by Gasteiger charge is -2.32. The highest BCUT2D eigenvalue weighted by Crippen LogP contribution is 2.28. The van der Waals surface area contributed by atoms with E-state index in [9.17, 15) is 4.79 Å². The second-order valence-electron chi connectivity index (χ2n) is 6.97. The van der Waals surface area contributed by atoms with Gasteiger partial charge in [-0.2, -0.15) is 0 Å². The first kappa shape index (κ1) is 16.2. The molecule has 1 unspecified atom stereocenters. The van der Waals surface area contributed by atoms with Gasteiger partial charge in [0, 0.05) is 25.7 Å². The Kier molecular flexibility index (Phi) is 6.10. The Morgan fingerprint density at radius 3 is 2.68 bits per heavy atom. The summed E-state index contributed by atoms with van der Waals surface area (Å²) in [5.74, 6) is 1.17. The molecular formula is C17H30N2O3. The minimum absolute atomic E-state index is 0.244. The van der Waals surface area contributed by atoms with Gasteiger partial charge >= 0.3 is 0 Å². The SMILES string of the molecule is O=C(CCOCC1CCCO1)N1CCC(NCC2CC2)CC1. The third kappa shape index (κ3) is 5.21. The summed E-state index contributed by atoms with van der Waals surface area (Å²) in [5, 5.41) is 3.65. The van der Waals surface area contributed by atoms with Crippen LogP contribution < -0.4 is 5.32 Å². The van der Waals surface area contributed by atoms with E-state index in [1.807, 2.05) is 4.90 Å². The second kappa shape index (κ2) is 8.27. The van der Waals surface area contributed by atoms with Crippen LogP contribution in [0.4, 0.5) is 0 Å². The van der Waals surface area contributed by atoms with Crippen molar-refractivity contribution in [2.24, 2.45) is 5.92 Å². The van der Waals surface area contributed by atoms with Gasteiger partial charge in [-0.15, -0.1) is 0 Å². The molecule has 0 bridgehead atoms. The van der Waals surface area contributed by atoms with Crippen LogP contribution in [0.5, 0.6) is 0 Å². The number of nitrogens with one attached hydrogen (secondary N) is 1. The van der Waals surface area contributed by atoms with Gasteiger partial charge in [0.25, 0.3) is 0 Å². The number of ether oxygens (including phenoxy) is 2. The van der Waals surface area contributed by atoms with Crippen molar-refractivity contribution in [2.45, 2.75) is 57.1 Å². The summed E-state index contributed by atoms with van der Waals surface area (Å²) in [6, 6.07) is 0.611. The number of hydrogen-bond acceptors (Lipinski definition) is 4. The highest BCUT2D eigenvalue weighted by Gasteiger charge is 2.25. The summed E-state index contributed by atoms with van der Waals surface area (Å²) in [6.07, 6.45) is 7.97. The Hall–Kier alpha value is -0.650. The highest BCUT2D eigenvalue weighted by molar-refractivity contribution is 5.76. The largest absolute Gasteiger partial charge is 0.378 e. The van der Waals surface area contributed by atoms with Crippen molar-refractivity contribution in [1.82, 2.24) is 10.2 Å². The molecule has 3 fully saturated rings. The van der Waals surface area contributed by atoms with Crippen molar-refractivity contribution in [2.75, 3.05) is 39.5 Å². The van der Waals surface area contributed by atoms with Crippen molar-refractivity contribution >= 4 is 5.91 Å². The van der Waals surface area contributed by atoms with E-state index in [2.05, 4.69) is 5.32 Å². The standard InChI is InChI=1S/C17H30N2O3/c20-17(7-11-21-13-16-2-1-10-22-16)19-8-5-15(6-9-19)18-12-14-3-4-14/h14-16,18H,1-13H2. The van der Waals surface area contributed by atoms with E-state index >= 15 is 0 Å². The monoisotopic (exact) mass is 310 g/mol. The molecule has 0 radical (unpaired) electrons. The maximum Gasteiger partial charge on any atom is 0.224 e. The van der Waals surface area contributed by atoms with E-state index in [1.165, 1.54) is 19.4 Å². The topological polar surface area (TPSA) is 50.8 Å². The van der Waals surface area contributed by atoms with Crippen LogP contribution in [-0.4, -0.2) is 62.4 Å². The molecule has 126 valence electrons. The minimum Gasteiger partial charge on any atom is -0.378 e. The predicted molar refractivity (Wildman–Crippen MR) is 84.7 cm³/mol. The van der Waals surface area contributed by atoms with Crippen molar-refractivity contribution in [3.05, 3.63) is 0 Å². The molecule has 1 N–H and O–H groups in total. The Morgan fingerprint density at radius 2 is 2.00 bits per heavy atom. The predicted octanol–water partition coefficient (Wildman–Crippen LogP) is 1.56. The Labute approximate surface area is 133 Å². The first-order valence-electron chi connectivity index (χ1n) is 9.02. The lowest BCUT2D eigenvalue weighted by molar-refractivity contribution is -0.133. The average Bonchev–Trinajstić information content (AvgIpc) is 3.24. The number of piperidine rings is 1. The number of rotatable bonds is 8. The van der Waals surface area contributed by atoms with Crippen molar-refractivity contribution in [1.29, 1.82) is 0 Å². The molecule has 5 nitrogen and oxygen atoms in total. The van der Waals surface area contributed by atoms with E-state index in [1.54, 1.807) is 0 Å². The van der Waals surface area contributed by atoms with Crippen LogP contribution in [0.15, 0.2) is 0 Å². The normalized spacial score (nSPS) is 26.5. The smallest absolute Gasteiger partial charge is 0.224 e. The fourth-order valence-corrected chi connectivity index (χ4v) is 3.30. The Balaban J connectivity index is 1.23. The molecule has 0 aromatic carbocycles. The van der Waals surface area contributed by atoms with Crippen LogP contribution in [0.3, 0.4) is 0 Å². The molecular weight excluding hydrogens is 280 g/mol. The average molecular weight is 310 g/mol. The second-order valence-corrected chi connectivity index (χ2v) is 6.97. The van der Waals surface area contributed by atoms with Crippen LogP contribution in [-0.2, 0) is 14.3 Å². The van der Waals surface area contributed by atoms with Crippen LogP contribution in [0.25, 0.3) is 0 Å². The maximum absolute atomic E-state index is 12.2. The van der Waals surface area contributed by atoms with Gasteiger partial charge in [0.15, 0.2) is 0 Å². The lowest BCUT2D eigenvalue weighted by atomic mass is 10.0. The molecule has 2 aliphatic heterocycles. The van der Waals surface area contributed by atoms with E-state index in [0.29, 0.717) is 25.7 Å². The summed E-state index contributed by atoms with van der Waals surface area (Å²) in [5.41, 5.74) is 0. The fraction of sp³-hybridized carbons (Fsp3) is 0.941. The van der Waals surface area contributed by atoms with E-state index < -0.39 is 0 Å². The Bertz CT molecular complexity index is 346. The number of carbonyl (C=O) groups excluding carboxylic acids is 1. The highest BCUT2D eigenvalue weighted by atomic mass is 16.5. The molecule has 1 amide bonds. The van der Waals surface area contributed by atoms with Crippen LogP contribution in [0.1, 0.15) is 44.9 Å². The molecule has 5 heteroatoms. The molecule has 0 aromatic rings. The van der Waals surface area contributed by atoms with Gasteiger partial charge in [-0.3, -0.25) is 4.79 Å². The van der Waals surface area contributed by atoms with E-state index in [0.717, 1.165) is 51.3 Å². The first-order valence-corrected chi connectivity index (χ1v) is 9.02. The van der Waals surface area contributed by atoms with Gasteiger partial charge in [0.05, 0.1) is 25.7 Å². The van der Waals surface area contributed by atoms with Crippen LogP contribution >= 0.6 is 0 Å². The zero-order valence-corrected chi connectivity index (χ0v) is 13.6. The molecule has 2 saturated heterocycles. The summed E-state index contributed by atoms with van der Waals surface area (Å²) < 4.78 is 11.1. The summed E-state index contributed by atoms with van der Waals surface area (Å²) >= 11 is 0. The van der Waals surface area contributed by atoms with Crippen LogP contribution in [0, 0.1) is 5.92 Å². The zero-order chi connectivity index (χ0) is 15.2. The number of hydrogen-bond donors (Lipinski definition) is 1. The quantitative estimate of drug-likeness (QED) is 0.691. The molecule has 22 heavy (non-hydrogen) atoms. The van der Waals surface area contributed by atoms with Gasteiger partial charge in [0.2, 0.25) is 5.91 Å². The van der Waals surface area contributed by atoms with Crippen molar-refractivity contribution in [3.8, 4) is 0 Å². The molecule has 0 spiro atoms. The summed E-state index contributed by atoms with van der Waals surface area (Å²) in [4.78, 5) is 14.2. The number of amides is 1. The van der Waals surface area contributed by atoms with Gasteiger partial charge < -0.3 is 19.7 Å². The fourth-order valence-electron chi connectivity index (χ4n) is 3.30. The summed E-state index contributed by atoms with van der Waals surface area (Å²) in [6.45, 7) is 4.99. The number of carbonyl (C=O) groups is 1. The van der Waals surface area contributed by atoms with Gasteiger partial charge in [-0.05, 0) is 51.0 Å². The molecule has 1 aliphatic carbocycles. The van der Waals surface area contributed by atoms with Gasteiger partial charge in [-0.1, -0.05) is 0 Å². The van der Waals surface area contributed by atoms with Crippen LogP contribution in [0.2, 0.25) is 0 Å². The van der Waals surface area contributed by atoms with Gasteiger partial charge in [-0.25, -0.2) is 0 Å².